The fourth-order valence-corrected chi connectivity index (χ4v) is 3.56. The number of carbonyl (C=O) groups is 2. The van der Waals surface area contributed by atoms with E-state index in [4.69, 9.17) is 0 Å². The molecule has 7 heteroatoms. The topological polar surface area (TPSA) is 85.4 Å². The predicted octanol–water partition coefficient (Wildman–Crippen LogP) is -2.81. The molecule has 1 N–H and O–H groups in total. The molecule has 6 nitrogen and oxygen atoms in total. The second-order valence-electron chi connectivity index (χ2n) is 6.77. The minimum atomic E-state index is -1.05. The van der Waals surface area contributed by atoms with Gasteiger partial charge in [-0.3, -0.25) is 14.7 Å². The molecule has 1 saturated carbocycles. The summed E-state index contributed by atoms with van der Waals surface area (Å²) in [5, 5.41) is 14.2. The molecule has 0 radical (unpaired) electrons. The van der Waals surface area contributed by atoms with E-state index in [1.165, 1.54) is 0 Å². The summed E-state index contributed by atoms with van der Waals surface area (Å²) in [4.78, 5) is 30.0. The monoisotopic (exact) mass is 353 g/mol. The second-order valence-corrected chi connectivity index (χ2v) is 6.77. The van der Waals surface area contributed by atoms with Crippen molar-refractivity contribution in [2.45, 2.75) is 63.6 Å². The van der Waals surface area contributed by atoms with Crippen LogP contribution in [0.4, 0.5) is 0 Å². The van der Waals surface area contributed by atoms with Gasteiger partial charge in [-0.15, -0.1) is 0 Å². The molecule has 2 unspecified atom stereocenters. The van der Waals surface area contributed by atoms with Gasteiger partial charge in [0.15, 0.2) is 0 Å². The summed E-state index contributed by atoms with van der Waals surface area (Å²) in [7, 11) is 0. The smallest absolute Gasteiger partial charge is 0.548 e. The Morgan fingerprint density at radius 1 is 1.24 bits per heavy atom. The first kappa shape index (κ1) is 20.4. The van der Waals surface area contributed by atoms with Crippen LogP contribution in [-0.4, -0.2) is 46.4 Å². The number of aromatic nitrogens is 1. The summed E-state index contributed by atoms with van der Waals surface area (Å²) >= 11 is 0. The number of carboxylic acid groups (broad SMARTS) is 1. The molecular formula is C18H24N3NaO3. The van der Waals surface area contributed by atoms with Crippen molar-refractivity contribution in [1.29, 1.82) is 0 Å². The van der Waals surface area contributed by atoms with Crippen molar-refractivity contribution in [3.05, 3.63) is 29.6 Å². The number of aliphatic carboxylic acids is 1. The summed E-state index contributed by atoms with van der Waals surface area (Å²) in [6.45, 7) is 2.55. The number of likely N-dealkylation sites (tertiary alicyclic amines) is 1. The first-order chi connectivity index (χ1) is 11.6. The Balaban J connectivity index is 0.00000225. The molecule has 2 fully saturated rings. The zero-order valence-electron chi connectivity index (χ0n) is 15.0. The molecule has 1 aromatic heterocycles. The molecule has 0 spiro atoms. The molecular weight excluding hydrogens is 329 g/mol. The van der Waals surface area contributed by atoms with Crippen LogP contribution in [0.5, 0.6) is 0 Å². The number of nitrogens with zero attached hydrogens (tertiary/aromatic N) is 2. The first-order valence-corrected chi connectivity index (χ1v) is 8.75. The summed E-state index contributed by atoms with van der Waals surface area (Å²) < 4.78 is 0. The quantitative estimate of drug-likeness (QED) is 0.422. The number of carboxylic acids is 1. The number of hydrogen-bond donors (Lipinski definition) is 1. The van der Waals surface area contributed by atoms with E-state index >= 15 is 0 Å². The molecule has 1 amide bonds. The van der Waals surface area contributed by atoms with E-state index in [-0.39, 0.29) is 47.5 Å². The number of rotatable bonds is 7. The normalized spacial score (nSPS) is 23.1. The van der Waals surface area contributed by atoms with Gasteiger partial charge in [-0.25, -0.2) is 0 Å². The molecule has 1 aromatic rings. The molecule has 130 valence electrons. The maximum atomic E-state index is 12.4. The molecule has 3 rings (SSSR count). The molecule has 25 heavy (non-hydrogen) atoms. The standard InChI is InChI=1S/C18H25N3O3.Na/c1-12-4-2-5-13(20-12)6-3-11-19-17(22)15-9-10-16(18(23)24)21(15)14-7-8-14;/h2,4-5,14-16H,3,6-11H2,1H3,(H,19,22)(H,23,24);/q;+1/p-1. The van der Waals surface area contributed by atoms with Gasteiger partial charge < -0.3 is 15.2 Å². The van der Waals surface area contributed by atoms with Gasteiger partial charge in [0.25, 0.3) is 0 Å². The van der Waals surface area contributed by atoms with Gasteiger partial charge in [-0.2, -0.15) is 0 Å². The minimum absolute atomic E-state index is 0. The van der Waals surface area contributed by atoms with Crippen LogP contribution in [0.2, 0.25) is 0 Å². The molecule has 0 bridgehead atoms. The van der Waals surface area contributed by atoms with Crippen LogP contribution in [-0.2, 0) is 16.0 Å². The van der Waals surface area contributed by atoms with E-state index in [0.29, 0.717) is 19.4 Å². The van der Waals surface area contributed by atoms with Crippen LogP contribution in [0.1, 0.15) is 43.5 Å². The Morgan fingerprint density at radius 2 is 1.96 bits per heavy atom. The molecule has 0 aromatic carbocycles. The van der Waals surface area contributed by atoms with Gasteiger partial charge in [0, 0.05) is 24.0 Å². The molecule has 2 heterocycles. The van der Waals surface area contributed by atoms with Crippen LogP contribution in [0.3, 0.4) is 0 Å². The Hall–Kier alpha value is -0.950. The van der Waals surface area contributed by atoms with Crippen LogP contribution in [0, 0.1) is 6.92 Å². The molecule has 1 aliphatic heterocycles. The van der Waals surface area contributed by atoms with E-state index < -0.39 is 12.0 Å². The summed E-state index contributed by atoms with van der Waals surface area (Å²) in [6.07, 6.45) is 4.70. The van der Waals surface area contributed by atoms with E-state index in [1.807, 2.05) is 30.0 Å². The SMILES string of the molecule is Cc1cccc(CCCNC(=O)C2CCC(C(=O)[O-])N2C2CC2)n1.[Na+]. The van der Waals surface area contributed by atoms with Crippen molar-refractivity contribution in [1.82, 2.24) is 15.2 Å². The summed E-state index contributed by atoms with van der Waals surface area (Å²) in [5.74, 6) is -1.11. The van der Waals surface area contributed by atoms with E-state index in [0.717, 1.165) is 37.1 Å². The van der Waals surface area contributed by atoms with Gasteiger partial charge in [0.1, 0.15) is 0 Å². The maximum Gasteiger partial charge on any atom is 1.00 e. The van der Waals surface area contributed by atoms with Crippen LogP contribution >= 0.6 is 0 Å². The van der Waals surface area contributed by atoms with Crippen LogP contribution < -0.4 is 40.0 Å². The van der Waals surface area contributed by atoms with Gasteiger partial charge in [0.05, 0.1) is 18.1 Å². The third-order valence-electron chi connectivity index (χ3n) is 4.83. The van der Waals surface area contributed by atoms with Crippen molar-refractivity contribution in [3.8, 4) is 0 Å². The molecule has 1 aliphatic carbocycles. The van der Waals surface area contributed by atoms with Crippen LogP contribution in [0.15, 0.2) is 18.2 Å². The van der Waals surface area contributed by atoms with Gasteiger partial charge in [-0.1, -0.05) is 6.07 Å². The third-order valence-corrected chi connectivity index (χ3v) is 4.83. The summed E-state index contributed by atoms with van der Waals surface area (Å²) in [5.41, 5.74) is 2.03. The van der Waals surface area contributed by atoms with Gasteiger partial charge >= 0.3 is 29.6 Å². The number of aryl methyl sites for hydroxylation is 2. The molecule has 2 atom stereocenters. The number of hydrogen-bond acceptors (Lipinski definition) is 5. The average Bonchev–Trinajstić information content (AvgIpc) is 3.29. The van der Waals surface area contributed by atoms with Crippen molar-refractivity contribution < 1.29 is 44.3 Å². The Morgan fingerprint density at radius 3 is 2.60 bits per heavy atom. The fraction of sp³-hybridized carbons (Fsp3) is 0.611. The van der Waals surface area contributed by atoms with Crippen molar-refractivity contribution in [2.24, 2.45) is 0 Å². The fourth-order valence-electron chi connectivity index (χ4n) is 3.56. The van der Waals surface area contributed by atoms with E-state index in [2.05, 4.69) is 10.3 Å². The Kier molecular flexibility index (Phi) is 7.43. The third kappa shape index (κ3) is 5.26. The number of pyridine rings is 1. The number of amides is 1. The van der Waals surface area contributed by atoms with Crippen LogP contribution in [0.25, 0.3) is 0 Å². The Labute approximate surface area is 170 Å². The minimum Gasteiger partial charge on any atom is -0.548 e. The summed E-state index contributed by atoms with van der Waals surface area (Å²) in [6, 6.07) is 5.25. The zero-order valence-corrected chi connectivity index (χ0v) is 17.0. The van der Waals surface area contributed by atoms with E-state index in [1.54, 1.807) is 0 Å². The van der Waals surface area contributed by atoms with Gasteiger partial charge in [0.2, 0.25) is 5.91 Å². The zero-order chi connectivity index (χ0) is 17.1. The molecule has 1 saturated heterocycles. The largest absolute Gasteiger partial charge is 1.00 e. The number of carbonyl (C=O) groups excluding carboxylic acids is 2. The van der Waals surface area contributed by atoms with Crippen molar-refractivity contribution >= 4 is 11.9 Å². The predicted molar refractivity (Wildman–Crippen MR) is 87.0 cm³/mol. The molecule has 2 aliphatic rings. The van der Waals surface area contributed by atoms with Gasteiger partial charge in [-0.05, 0) is 57.6 Å². The first-order valence-electron chi connectivity index (χ1n) is 8.75. The van der Waals surface area contributed by atoms with Crippen molar-refractivity contribution in [2.75, 3.05) is 6.54 Å². The van der Waals surface area contributed by atoms with Crippen molar-refractivity contribution in [3.63, 3.8) is 0 Å². The van der Waals surface area contributed by atoms with E-state index in [9.17, 15) is 14.7 Å². The second kappa shape index (κ2) is 9.12. The number of nitrogens with one attached hydrogen (secondary N) is 1. The Bertz CT molecular complexity index is 621. The maximum absolute atomic E-state index is 12.4. The average molecular weight is 353 g/mol.